The minimum atomic E-state index is -0.580. The lowest BCUT2D eigenvalue weighted by atomic mass is 10.1. The third kappa shape index (κ3) is 6.33. The summed E-state index contributed by atoms with van der Waals surface area (Å²) < 4.78 is 6.66. The van der Waals surface area contributed by atoms with Gasteiger partial charge in [0.15, 0.2) is 6.61 Å². The van der Waals surface area contributed by atoms with Gasteiger partial charge in [-0.05, 0) is 56.5 Å². The number of rotatable bonds is 8. The molecule has 1 N–H and O–H groups in total. The van der Waals surface area contributed by atoms with Crippen molar-refractivity contribution in [3.8, 4) is 5.75 Å². The maximum atomic E-state index is 13.0. The first-order valence-corrected chi connectivity index (χ1v) is 11.3. The highest BCUT2D eigenvalue weighted by molar-refractivity contribution is 9.10. The molecule has 2 aromatic rings. The van der Waals surface area contributed by atoms with Gasteiger partial charge in [-0.15, -0.1) is 0 Å². The number of hydrogen-bond acceptors (Lipinski definition) is 3. The second-order valence-corrected chi connectivity index (χ2v) is 8.83. The summed E-state index contributed by atoms with van der Waals surface area (Å²) in [6.07, 6.45) is 4.31. The van der Waals surface area contributed by atoms with Gasteiger partial charge in [-0.2, -0.15) is 0 Å². The minimum absolute atomic E-state index is 0.109. The van der Waals surface area contributed by atoms with E-state index in [1.165, 1.54) is 0 Å². The van der Waals surface area contributed by atoms with Crippen molar-refractivity contribution in [3.63, 3.8) is 0 Å². The van der Waals surface area contributed by atoms with E-state index in [2.05, 4.69) is 21.2 Å². The molecule has 0 heterocycles. The Bertz CT molecular complexity index is 846. The van der Waals surface area contributed by atoms with Gasteiger partial charge in [0.1, 0.15) is 11.8 Å². The standard InChI is InChI=1S/C24H29BrN2O3/c1-17-7-13-22(14-8-17)30-16-23(28)27(15-19-9-11-20(25)12-10-19)18(2)24(29)26-21-5-3-4-6-21/h7-14,18,21H,3-6,15-16H2,1-2H3,(H,26,29)/t18-/m0/s1. The number of halogens is 1. The molecule has 0 aromatic heterocycles. The van der Waals surface area contributed by atoms with Crippen LogP contribution in [-0.4, -0.2) is 35.4 Å². The normalized spacial score (nSPS) is 14.9. The van der Waals surface area contributed by atoms with E-state index in [0.717, 1.165) is 41.3 Å². The van der Waals surface area contributed by atoms with Crippen LogP contribution in [0.3, 0.4) is 0 Å². The third-order valence-corrected chi connectivity index (χ3v) is 6.05. The monoisotopic (exact) mass is 472 g/mol. The van der Waals surface area contributed by atoms with Gasteiger partial charge in [0.2, 0.25) is 5.91 Å². The molecule has 0 spiro atoms. The first kappa shape index (κ1) is 22.3. The Labute approximate surface area is 186 Å². The molecular weight excluding hydrogens is 444 g/mol. The molecule has 2 amide bonds. The van der Waals surface area contributed by atoms with Crippen molar-refractivity contribution in [2.24, 2.45) is 0 Å². The van der Waals surface area contributed by atoms with Crippen LogP contribution in [0.4, 0.5) is 0 Å². The first-order valence-electron chi connectivity index (χ1n) is 10.5. The number of ether oxygens (including phenoxy) is 1. The molecule has 0 bridgehead atoms. The summed E-state index contributed by atoms with van der Waals surface area (Å²) in [4.78, 5) is 27.5. The molecule has 2 aromatic carbocycles. The number of nitrogens with one attached hydrogen (secondary N) is 1. The van der Waals surface area contributed by atoms with Crippen LogP contribution in [0.25, 0.3) is 0 Å². The fraction of sp³-hybridized carbons (Fsp3) is 0.417. The molecule has 1 fully saturated rings. The Kier molecular flexibility index (Phi) is 7.91. The van der Waals surface area contributed by atoms with Crippen LogP contribution in [0.2, 0.25) is 0 Å². The molecule has 1 saturated carbocycles. The van der Waals surface area contributed by atoms with Crippen molar-refractivity contribution in [1.29, 1.82) is 0 Å². The number of benzene rings is 2. The van der Waals surface area contributed by atoms with E-state index >= 15 is 0 Å². The molecule has 1 atom stereocenters. The maximum Gasteiger partial charge on any atom is 0.261 e. The Morgan fingerprint density at radius 1 is 1.10 bits per heavy atom. The zero-order chi connectivity index (χ0) is 21.5. The second kappa shape index (κ2) is 10.6. The quantitative estimate of drug-likeness (QED) is 0.609. The van der Waals surface area contributed by atoms with Gasteiger partial charge in [0.25, 0.3) is 5.91 Å². The van der Waals surface area contributed by atoms with Gasteiger partial charge in [-0.3, -0.25) is 9.59 Å². The molecule has 6 heteroatoms. The number of aryl methyl sites for hydroxylation is 1. The van der Waals surface area contributed by atoms with Gasteiger partial charge >= 0.3 is 0 Å². The van der Waals surface area contributed by atoms with Gasteiger partial charge in [-0.25, -0.2) is 0 Å². The van der Waals surface area contributed by atoms with E-state index in [-0.39, 0.29) is 24.5 Å². The Balaban J connectivity index is 1.69. The van der Waals surface area contributed by atoms with Crippen molar-refractivity contribution in [1.82, 2.24) is 10.2 Å². The molecule has 5 nitrogen and oxygen atoms in total. The lowest BCUT2D eigenvalue weighted by molar-refractivity contribution is -0.142. The Morgan fingerprint density at radius 2 is 1.73 bits per heavy atom. The van der Waals surface area contributed by atoms with Gasteiger partial charge in [0.05, 0.1) is 0 Å². The number of hydrogen-bond donors (Lipinski definition) is 1. The second-order valence-electron chi connectivity index (χ2n) is 7.92. The average Bonchev–Trinajstić information content (AvgIpc) is 3.25. The third-order valence-electron chi connectivity index (χ3n) is 5.52. The number of carbonyl (C=O) groups excluding carboxylic acids is 2. The summed E-state index contributed by atoms with van der Waals surface area (Å²) in [5.74, 6) is 0.316. The summed E-state index contributed by atoms with van der Waals surface area (Å²) in [5, 5.41) is 3.11. The zero-order valence-electron chi connectivity index (χ0n) is 17.6. The van der Waals surface area contributed by atoms with Crippen LogP contribution in [0.15, 0.2) is 53.0 Å². The van der Waals surface area contributed by atoms with Gasteiger partial charge in [-0.1, -0.05) is 58.6 Å². The Morgan fingerprint density at radius 3 is 2.37 bits per heavy atom. The summed E-state index contributed by atoms with van der Waals surface area (Å²) in [7, 11) is 0. The molecule has 1 aliphatic rings. The van der Waals surface area contributed by atoms with Crippen molar-refractivity contribution in [2.45, 2.75) is 58.2 Å². The average molecular weight is 473 g/mol. The smallest absolute Gasteiger partial charge is 0.261 e. The van der Waals surface area contributed by atoms with E-state index in [1.54, 1.807) is 11.8 Å². The Hall–Kier alpha value is -2.34. The van der Waals surface area contributed by atoms with Crippen LogP contribution in [0.5, 0.6) is 5.75 Å². The van der Waals surface area contributed by atoms with E-state index < -0.39 is 6.04 Å². The van der Waals surface area contributed by atoms with Crippen LogP contribution in [0.1, 0.15) is 43.7 Å². The fourth-order valence-corrected chi connectivity index (χ4v) is 3.89. The fourth-order valence-electron chi connectivity index (χ4n) is 3.62. The predicted molar refractivity (Wildman–Crippen MR) is 121 cm³/mol. The largest absolute Gasteiger partial charge is 0.484 e. The van der Waals surface area contributed by atoms with E-state index in [4.69, 9.17) is 4.74 Å². The molecular formula is C24H29BrN2O3. The number of amides is 2. The lowest BCUT2D eigenvalue weighted by Gasteiger charge is -2.29. The summed E-state index contributed by atoms with van der Waals surface area (Å²) in [5.41, 5.74) is 2.09. The summed E-state index contributed by atoms with van der Waals surface area (Å²) in [6, 6.07) is 15.0. The number of carbonyl (C=O) groups is 2. The minimum Gasteiger partial charge on any atom is -0.484 e. The van der Waals surface area contributed by atoms with E-state index in [1.807, 2.05) is 55.5 Å². The van der Waals surface area contributed by atoms with Gasteiger partial charge in [0, 0.05) is 17.1 Å². The topological polar surface area (TPSA) is 58.6 Å². The highest BCUT2D eigenvalue weighted by atomic mass is 79.9. The molecule has 0 saturated heterocycles. The predicted octanol–water partition coefficient (Wildman–Crippen LogP) is 4.61. The summed E-state index contributed by atoms with van der Waals surface area (Å²) >= 11 is 3.43. The zero-order valence-corrected chi connectivity index (χ0v) is 19.2. The van der Waals surface area contributed by atoms with Crippen LogP contribution in [-0.2, 0) is 16.1 Å². The summed E-state index contributed by atoms with van der Waals surface area (Å²) in [6.45, 7) is 4.02. The molecule has 3 rings (SSSR count). The molecule has 1 aliphatic carbocycles. The molecule has 0 unspecified atom stereocenters. The molecule has 160 valence electrons. The van der Waals surface area contributed by atoms with Crippen LogP contribution in [0, 0.1) is 6.92 Å². The van der Waals surface area contributed by atoms with Crippen molar-refractivity contribution < 1.29 is 14.3 Å². The van der Waals surface area contributed by atoms with Crippen molar-refractivity contribution >= 4 is 27.7 Å². The van der Waals surface area contributed by atoms with Gasteiger partial charge < -0.3 is 15.0 Å². The van der Waals surface area contributed by atoms with Crippen molar-refractivity contribution in [2.75, 3.05) is 6.61 Å². The SMILES string of the molecule is Cc1ccc(OCC(=O)N(Cc2ccc(Br)cc2)[C@@H](C)C(=O)NC2CCCC2)cc1. The highest BCUT2D eigenvalue weighted by Crippen LogP contribution is 2.19. The lowest BCUT2D eigenvalue weighted by Crippen LogP contribution is -2.50. The highest BCUT2D eigenvalue weighted by Gasteiger charge is 2.28. The van der Waals surface area contributed by atoms with Crippen molar-refractivity contribution in [3.05, 3.63) is 64.1 Å². The molecule has 0 radical (unpaired) electrons. The van der Waals surface area contributed by atoms with E-state index in [0.29, 0.717) is 12.3 Å². The van der Waals surface area contributed by atoms with Crippen LogP contribution < -0.4 is 10.1 Å². The molecule has 0 aliphatic heterocycles. The van der Waals surface area contributed by atoms with Crippen LogP contribution >= 0.6 is 15.9 Å². The first-order chi connectivity index (χ1) is 14.4. The van der Waals surface area contributed by atoms with E-state index in [9.17, 15) is 9.59 Å². The number of nitrogens with zero attached hydrogens (tertiary/aromatic N) is 1. The molecule has 30 heavy (non-hydrogen) atoms. The maximum absolute atomic E-state index is 13.0.